The van der Waals surface area contributed by atoms with E-state index < -0.39 is 23.2 Å². The van der Waals surface area contributed by atoms with Crippen LogP contribution in [0.25, 0.3) is 0 Å². The Kier molecular flexibility index (Phi) is 6.84. The topological polar surface area (TPSA) is 81.7 Å². The molecule has 0 bridgehead atoms. The van der Waals surface area contributed by atoms with Crippen molar-refractivity contribution >= 4 is 40.7 Å². The number of anilines is 1. The molecule has 1 heterocycles. The van der Waals surface area contributed by atoms with Crippen LogP contribution in [0, 0.1) is 0 Å². The Morgan fingerprint density at radius 2 is 2.09 bits per heavy atom. The standard InChI is InChI=1S/C21H23ClF3N3O3S/c1-12-5-4-8-19(2,17(12)29)28-11-26-10-16(28)32-13-6-7-15(14(22)9-13)27-18(30)20(3,31)21(23,24)25/h4-9,16,26,31H,10-11H2,1-3H3,(H,27,30)/t16?,19?,20-/m1/s1. The van der Waals surface area contributed by atoms with E-state index in [1.807, 2.05) is 29.3 Å². The Labute approximate surface area is 192 Å². The summed E-state index contributed by atoms with van der Waals surface area (Å²) in [4.78, 5) is 27.5. The van der Waals surface area contributed by atoms with Crippen LogP contribution < -0.4 is 10.6 Å². The van der Waals surface area contributed by atoms with Crippen LogP contribution in [0.4, 0.5) is 18.9 Å². The molecule has 1 fully saturated rings. The second-order valence-electron chi connectivity index (χ2n) is 8.01. The number of aliphatic hydroxyl groups is 1. The summed E-state index contributed by atoms with van der Waals surface area (Å²) >= 11 is 7.62. The number of hydrogen-bond acceptors (Lipinski definition) is 6. The molecule has 1 aliphatic heterocycles. The minimum Gasteiger partial charge on any atom is -0.373 e. The monoisotopic (exact) mass is 489 g/mol. The van der Waals surface area contributed by atoms with Crippen molar-refractivity contribution in [1.29, 1.82) is 0 Å². The number of rotatable bonds is 5. The highest BCUT2D eigenvalue weighted by atomic mass is 35.5. The van der Waals surface area contributed by atoms with Crippen LogP contribution in [0.5, 0.6) is 0 Å². The third-order valence-corrected chi connectivity index (χ3v) is 7.12. The molecule has 0 aromatic heterocycles. The quantitative estimate of drug-likeness (QED) is 0.585. The van der Waals surface area contributed by atoms with E-state index in [4.69, 9.17) is 11.6 Å². The van der Waals surface area contributed by atoms with Crippen molar-refractivity contribution in [2.24, 2.45) is 0 Å². The molecule has 0 radical (unpaired) electrons. The third kappa shape index (κ3) is 4.60. The Hall–Kier alpha value is -1.85. The molecule has 3 atom stereocenters. The number of carbonyl (C=O) groups is 2. The summed E-state index contributed by atoms with van der Waals surface area (Å²) in [6.45, 7) is 5.13. The minimum atomic E-state index is -5.13. The number of thioether (sulfide) groups is 1. The predicted octanol–water partition coefficient (Wildman–Crippen LogP) is 3.72. The first-order valence-corrected chi connectivity index (χ1v) is 11.0. The van der Waals surface area contributed by atoms with Gasteiger partial charge in [-0.1, -0.05) is 29.8 Å². The van der Waals surface area contributed by atoms with Crippen molar-refractivity contribution in [2.45, 2.75) is 48.4 Å². The molecular weight excluding hydrogens is 467 g/mol. The highest BCUT2D eigenvalue weighted by molar-refractivity contribution is 8.00. The fourth-order valence-electron chi connectivity index (χ4n) is 3.45. The SMILES string of the molecule is CC1=CC=CC(C)(N2CNCC2Sc2ccc(NC(=O)[C@@](C)(O)C(F)(F)F)c(Cl)c2)C1=O. The van der Waals surface area contributed by atoms with Crippen molar-refractivity contribution in [3.05, 3.63) is 47.0 Å². The van der Waals surface area contributed by atoms with Crippen molar-refractivity contribution in [3.8, 4) is 0 Å². The van der Waals surface area contributed by atoms with Gasteiger partial charge in [-0.3, -0.25) is 14.5 Å². The average molecular weight is 490 g/mol. The largest absolute Gasteiger partial charge is 0.426 e. The molecule has 2 aliphatic rings. The molecule has 0 saturated carbocycles. The number of nitrogens with one attached hydrogen (secondary N) is 2. The van der Waals surface area contributed by atoms with Gasteiger partial charge in [-0.15, -0.1) is 11.8 Å². The van der Waals surface area contributed by atoms with E-state index in [2.05, 4.69) is 5.32 Å². The van der Waals surface area contributed by atoms with Gasteiger partial charge in [0.1, 0.15) is 5.54 Å². The number of nitrogens with zero attached hydrogens (tertiary/aromatic N) is 1. The van der Waals surface area contributed by atoms with Crippen molar-refractivity contribution in [1.82, 2.24) is 10.2 Å². The summed E-state index contributed by atoms with van der Waals surface area (Å²) in [6, 6.07) is 4.51. The van der Waals surface area contributed by atoms with E-state index in [1.54, 1.807) is 19.1 Å². The Morgan fingerprint density at radius 3 is 2.72 bits per heavy atom. The summed E-state index contributed by atoms with van der Waals surface area (Å²) in [5, 5.41) is 14.7. The molecule has 2 unspecified atom stereocenters. The Balaban J connectivity index is 1.74. The highest BCUT2D eigenvalue weighted by Gasteiger charge is 2.55. The molecule has 3 rings (SSSR count). The number of Topliss-reactive ketones (excluding diaryl/α,β-unsaturated/α-hetero) is 1. The van der Waals surface area contributed by atoms with Crippen LogP contribution >= 0.6 is 23.4 Å². The van der Waals surface area contributed by atoms with E-state index in [0.717, 1.165) is 0 Å². The first-order valence-electron chi connectivity index (χ1n) is 9.72. The molecule has 1 aromatic rings. The number of alkyl halides is 3. The fraction of sp³-hybridized carbons (Fsp3) is 0.429. The van der Waals surface area contributed by atoms with E-state index in [9.17, 15) is 27.9 Å². The first-order chi connectivity index (χ1) is 14.8. The minimum absolute atomic E-state index is 0.0158. The highest BCUT2D eigenvalue weighted by Crippen LogP contribution is 2.38. The summed E-state index contributed by atoms with van der Waals surface area (Å²) in [5.74, 6) is -1.61. The fourth-order valence-corrected chi connectivity index (χ4v) is 5.01. The Morgan fingerprint density at radius 1 is 1.41 bits per heavy atom. The normalized spacial score (nSPS) is 26.1. The van der Waals surface area contributed by atoms with Crippen LogP contribution in [-0.4, -0.2) is 57.6 Å². The summed E-state index contributed by atoms with van der Waals surface area (Å²) in [6.07, 6.45) is 0.369. The predicted molar refractivity (Wildman–Crippen MR) is 117 cm³/mol. The van der Waals surface area contributed by atoms with Gasteiger partial charge < -0.3 is 15.7 Å². The lowest BCUT2D eigenvalue weighted by molar-refractivity contribution is -0.242. The van der Waals surface area contributed by atoms with Gasteiger partial charge >= 0.3 is 6.18 Å². The van der Waals surface area contributed by atoms with Gasteiger partial charge in [0.25, 0.3) is 5.91 Å². The molecule has 0 spiro atoms. The summed E-state index contributed by atoms with van der Waals surface area (Å²) in [7, 11) is 0. The molecule has 6 nitrogen and oxygen atoms in total. The van der Waals surface area contributed by atoms with Crippen molar-refractivity contribution < 1.29 is 27.9 Å². The first kappa shape index (κ1) is 24.8. The molecular formula is C21H23ClF3N3O3S. The number of carbonyl (C=O) groups excluding carboxylic acids is 2. The smallest absolute Gasteiger partial charge is 0.373 e. The van der Waals surface area contributed by atoms with Crippen LogP contribution in [0.2, 0.25) is 5.02 Å². The Bertz CT molecular complexity index is 996. The van der Waals surface area contributed by atoms with Crippen LogP contribution in [-0.2, 0) is 9.59 Å². The number of hydrogen-bond donors (Lipinski definition) is 3. The summed E-state index contributed by atoms with van der Waals surface area (Å²) in [5.41, 5.74) is -3.74. The van der Waals surface area contributed by atoms with Crippen molar-refractivity contribution in [3.63, 3.8) is 0 Å². The van der Waals surface area contributed by atoms with Gasteiger partial charge in [0.2, 0.25) is 5.60 Å². The summed E-state index contributed by atoms with van der Waals surface area (Å²) < 4.78 is 38.6. The molecule has 174 valence electrons. The van der Waals surface area contributed by atoms with E-state index in [-0.39, 0.29) is 21.9 Å². The zero-order valence-corrected chi connectivity index (χ0v) is 19.2. The van der Waals surface area contributed by atoms with Gasteiger partial charge in [0, 0.05) is 11.4 Å². The zero-order valence-electron chi connectivity index (χ0n) is 17.6. The van der Waals surface area contributed by atoms with Crippen LogP contribution in [0.3, 0.4) is 0 Å². The number of halogens is 4. The molecule has 1 amide bonds. The number of ketones is 1. The molecule has 1 saturated heterocycles. The van der Waals surface area contributed by atoms with E-state index in [1.165, 1.54) is 23.9 Å². The lowest BCUT2D eigenvalue weighted by Crippen LogP contribution is -2.54. The number of amides is 1. The van der Waals surface area contributed by atoms with Crippen LogP contribution in [0.1, 0.15) is 20.8 Å². The zero-order chi connectivity index (χ0) is 23.9. The lowest BCUT2D eigenvalue weighted by Gasteiger charge is -2.39. The number of benzene rings is 1. The van der Waals surface area contributed by atoms with Crippen molar-refractivity contribution in [2.75, 3.05) is 18.5 Å². The lowest BCUT2D eigenvalue weighted by atomic mass is 9.86. The van der Waals surface area contributed by atoms with Gasteiger partial charge in [0.15, 0.2) is 5.78 Å². The molecule has 11 heteroatoms. The second-order valence-corrected chi connectivity index (χ2v) is 9.66. The molecule has 1 aliphatic carbocycles. The van der Waals surface area contributed by atoms with E-state index in [0.29, 0.717) is 30.6 Å². The maximum Gasteiger partial charge on any atom is 0.426 e. The van der Waals surface area contributed by atoms with E-state index >= 15 is 0 Å². The van der Waals surface area contributed by atoms with Gasteiger partial charge in [-0.25, -0.2) is 0 Å². The molecule has 32 heavy (non-hydrogen) atoms. The van der Waals surface area contributed by atoms with Crippen LogP contribution in [0.15, 0.2) is 46.9 Å². The molecule has 3 N–H and O–H groups in total. The van der Waals surface area contributed by atoms with Gasteiger partial charge in [0.05, 0.1) is 22.8 Å². The molecule has 1 aromatic carbocycles. The number of allylic oxidation sites excluding steroid dienone is 2. The maximum absolute atomic E-state index is 12.9. The average Bonchev–Trinajstić information content (AvgIpc) is 3.16. The second kappa shape index (κ2) is 8.83. The van der Waals surface area contributed by atoms with Gasteiger partial charge in [-0.05, 0) is 44.5 Å². The maximum atomic E-state index is 12.9. The third-order valence-electron chi connectivity index (χ3n) is 5.59. The van der Waals surface area contributed by atoms with Gasteiger partial charge in [-0.2, -0.15) is 13.2 Å².